The van der Waals surface area contributed by atoms with Crippen LogP contribution in [0, 0.1) is 0 Å². The molecule has 0 bridgehead atoms. The molecule has 1 aromatic carbocycles. The minimum absolute atomic E-state index is 0.443. The molecule has 4 nitrogen and oxygen atoms in total. The zero-order valence-electron chi connectivity index (χ0n) is 10.3. The van der Waals surface area contributed by atoms with Gasteiger partial charge in [-0.05, 0) is 12.1 Å². The standard InChI is InChI=1S/C14H17N3O/c1-3-7-17(8-4-2)14-10-18-13-9-11(15)5-6-12(13)16-14/h3-6,9H,1-2,7-8,10,15H2. The van der Waals surface area contributed by atoms with Gasteiger partial charge in [0.15, 0.2) is 0 Å². The van der Waals surface area contributed by atoms with E-state index in [0.717, 1.165) is 30.4 Å². The van der Waals surface area contributed by atoms with Gasteiger partial charge in [0.25, 0.3) is 0 Å². The Bertz CT molecular complexity index is 484. The fraction of sp³-hybridized carbons (Fsp3) is 0.214. The first-order chi connectivity index (χ1) is 8.74. The van der Waals surface area contributed by atoms with Crippen molar-refractivity contribution in [3.63, 3.8) is 0 Å². The Morgan fingerprint density at radius 2 is 2.06 bits per heavy atom. The summed E-state index contributed by atoms with van der Waals surface area (Å²) in [5.74, 6) is 1.61. The van der Waals surface area contributed by atoms with Gasteiger partial charge in [0.1, 0.15) is 23.9 Å². The van der Waals surface area contributed by atoms with Crippen LogP contribution in [0.25, 0.3) is 0 Å². The van der Waals surface area contributed by atoms with Crippen LogP contribution in [0.4, 0.5) is 11.4 Å². The zero-order chi connectivity index (χ0) is 13.0. The van der Waals surface area contributed by atoms with Gasteiger partial charge in [0.2, 0.25) is 0 Å². The van der Waals surface area contributed by atoms with E-state index < -0.39 is 0 Å². The van der Waals surface area contributed by atoms with E-state index in [0.29, 0.717) is 12.3 Å². The maximum absolute atomic E-state index is 5.71. The van der Waals surface area contributed by atoms with Gasteiger partial charge in [-0.15, -0.1) is 13.2 Å². The van der Waals surface area contributed by atoms with Crippen molar-refractivity contribution in [1.82, 2.24) is 4.90 Å². The summed E-state index contributed by atoms with van der Waals surface area (Å²) < 4.78 is 5.67. The monoisotopic (exact) mass is 243 g/mol. The quantitative estimate of drug-likeness (QED) is 0.652. The minimum Gasteiger partial charge on any atom is -0.483 e. The first kappa shape index (κ1) is 12.2. The molecule has 2 rings (SSSR count). The third-order valence-corrected chi connectivity index (χ3v) is 2.65. The zero-order valence-corrected chi connectivity index (χ0v) is 10.3. The molecule has 1 heterocycles. The average Bonchev–Trinajstić information content (AvgIpc) is 2.38. The van der Waals surface area contributed by atoms with Crippen LogP contribution in [0.5, 0.6) is 5.75 Å². The summed E-state index contributed by atoms with van der Waals surface area (Å²) in [6.45, 7) is 9.37. The lowest BCUT2D eigenvalue weighted by Crippen LogP contribution is -2.36. The average molecular weight is 243 g/mol. The van der Waals surface area contributed by atoms with Crippen molar-refractivity contribution in [3.05, 3.63) is 43.5 Å². The van der Waals surface area contributed by atoms with Crippen LogP contribution in [-0.4, -0.2) is 30.4 Å². The van der Waals surface area contributed by atoms with Crippen LogP contribution >= 0.6 is 0 Å². The molecule has 18 heavy (non-hydrogen) atoms. The molecule has 0 aromatic heterocycles. The van der Waals surface area contributed by atoms with Crippen LogP contribution in [0.3, 0.4) is 0 Å². The third-order valence-electron chi connectivity index (χ3n) is 2.65. The van der Waals surface area contributed by atoms with Gasteiger partial charge in [-0.2, -0.15) is 0 Å². The maximum atomic E-state index is 5.71. The second kappa shape index (κ2) is 5.40. The van der Waals surface area contributed by atoms with Crippen molar-refractivity contribution < 1.29 is 4.74 Å². The summed E-state index contributed by atoms with van der Waals surface area (Å²) in [6, 6.07) is 5.48. The number of hydrogen-bond donors (Lipinski definition) is 1. The Morgan fingerprint density at radius 3 is 2.72 bits per heavy atom. The van der Waals surface area contributed by atoms with Crippen molar-refractivity contribution in [3.8, 4) is 5.75 Å². The van der Waals surface area contributed by atoms with Gasteiger partial charge in [-0.1, -0.05) is 12.2 Å². The lowest BCUT2D eigenvalue weighted by molar-refractivity contribution is 0.344. The summed E-state index contributed by atoms with van der Waals surface area (Å²) in [4.78, 5) is 6.66. The van der Waals surface area contributed by atoms with Gasteiger partial charge in [0.05, 0.1) is 0 Å². The first-order valence-corrected chi connectivity index (χ1v) is 5.81. The maximum Gasteiger partial charge on any atom is 0.147 e. The molecule has 0 spiro atoms. The second-order valence-corrected chi connectivity index (χ2v) is 4.03. The van der Waals surface area contributed by atoms with Crippen LogP contribution < -0.4 is 10.5 Å². The Hall–Kier alpha value is -2.23. The van der Waals surface area contributed by atoms with E-state index in [1.165, 1.54) is 0 Å². The number of nitrogens with zero attached hydrogens (tertiary/aromatic N) is 2. The number of nitrogens with two attached hydrogens (primary N) is 1. The molecule has 0 aliphatic carbocycles. The molecule has 1 aliphatic heterocycles. The normalized spacial score (nSPS) is 13.0. The Morgan fingerprint density at radius 1 is 1.33 bits per heavy atom. The lowest BCUT2D eigenvalue weighted by atomic mass is 10.2. The molecular weight excluding hydrogens is 226 g/mol. The Labute approximate surface area is 107 Å². The van der Waals surface area contributed by atoms with Crippen molar-refractivity contribution in [2.24, 2.45) is 4.99 Å². The van der Waals surface area contributed by atoms with Gasteiger partial charge >= 0.3 is 0 Å². The number of benzene rings is 1. The molecule has 0 unspecified atom stereocenters. The van der Waals surface area contributed by atoms with E-state index in [2.05, 4.69) is 23.1 Å². The molecule has 4 heteroatoms. The highest BCUT2D eigenvalue weighted by molar-refractivity contribution is 5.89. The minimum atomic E-state index is 0.443. The van der Waals surface area contributed by atoms with E-state index in [9.17, 15) is 0 Å². The Balaban J connectivity index is 2.27. The summed E-state index contributed by atoms with van der Waals surface area (Å²) in [7, 11) is 0. The topological polar surface area (TPSA) is 50.8 Å². The highest BCUT2D eigenvalue weighted by atomic mass is 16.5. The summed E-state index contributed by atoms with van der Waals surface area (Å²) in [6.07, 6.45) is 3.68. The van der Waals surface area contributed by atoms with Crippen molar-refractivity contribution >= 4 is 17.2 Å². The predicted octanol–water partition coefficient (Wildman–Crippen LogP) is 2.37. The molecule has 1 aromatic rings. The molecule has 0 fully saturated rings. The highest BCUT2D eigenvalue weighted by Gasteiger charge is 2.17. The van der Waals surface area contributed by atoms with Crippen LogP contribution in [0.15, 0.2) is 48.5 Å². The largest absolute Gasteiger partial charge is 0.483 e. The number of hydrogen-bond acceptors (Lipinski definition) is 4. The molecule has 0 radical (unpaired) electrons. The highest BCUT2D eigenvalue weighted by Crippen LogP contribution is 2.32. The molecule has 0 saturated heterocycles. The molecule has 1 aliphatic rings. The fourth-order valence-corrected chi connectivity index (χ4v) is 1.81. The van der Waals surface area contributed by atoms with Crippen molar-refractivity contribution in [2.75, 3.05) is 25.4 Å². The molecule has 2 N–H and O–H groups in total. The molecular formula is C14H17N3O. The molecule has 94 valence electrons. The van der Waals surface area contributed by atoms with Crippen LogP contribution in [0.1, 0.15) is 0 Å². The number of fused-ring (bicyclic) bond motifs is 1. The van der Waals surface area contributed by atoms with Crippen LogP contribution in [-0.2, 0) is 0 Å². The smallest absolute Gasteiger partial charge is 0.147 e. The summed E-state index contributed by atoms with van der Waals surface area (Å²) >= 11 is 0. The third kappa shape index (κ3) is 2.53. The number of amidine groups is 1. The van der Waals surface area contributed by atoms with Crippen LogP contribution in [0.2, 0.25) is 0 Å². The van der Waals surface area contributed by atoms with E-state index in [1.807, 2.05) is 24.3 Å². The van der Waals surface area contributed by atoms with Gasteiger partial charge < -0.3 is 15.4 Å². The van der Waals surface area contributed by atoms with E-state index >= 15 is 0 Å². The molecule has 0 amide bonds. The predicted molar refractivity (Wildman–Crippen MR) is 75.4 cm³/mol. The first-order valence-electron chi connectivity index (χ1n) is 5.81. The van der Waals surface area contributed by atoms with Gasteiger partial charge in [-0.3, -0.25) is 0 Å². The number of anilines is 1. The van der Waals surface area contributed by atoms with E-state index in [1.54, 1.807) is 6.07 Å². The fourth-order valence-electron chi connectivity index (χ4n) is 1.81. The number of nitrogen functional groups attached to an aromatic ring is 1. The number of rotatable bonds is 4. The van der Waals surface area contributed by atoms with Gasteiger partial charge in [-0.25, -0.2) is 4.99 Å². The SMILES string of the molecule is C=CCN(CC=C)C1=Nc2ccc(N)cc2OC1. The second-order valence-electron chi connectivity index (χ2n) is 4.03. The lowest BCUT2D eigenvalue weighted by Gasteiger charge is -2.26. The summed E-state index contributed by atoms with van der Waals surface area (Å²) in [5, 5.41) is 0. The molecule has 0 saturated carbocycles. The summed E-state index contributed by atoms with van der Waals surface area (Å²) in [5.41, 5.74) is 7.20. The number of aliphatic imine (C=N–C) groups is 1. The van der Waals surface area contributed by atoms with E-state index in [4.69, 9.17) is 10.5 Å². The Kier molecular flexibility index (Phi) is 3.67. The van der Waals surface area contributed by atoms with E-state index in [-0.39, 0.29) is 0 Å². The molecule has 0 atom stereocenters. The van der Waals surface area contributed by atoms with Crippen molar-refractivity contribution in [2.45, 2.75) is 0 Å². The van der Waals surface area contributed by atoms with Gasteiger partial charge in [0, 0.05) is 24.8 Å². The van der Waals surface area contributed by atoms with Crippen molar-refractivity contribution in [1.29, 1.82) is 0 Å². The number of ether oxygens (including phenoxy) is 1.